The van der Waals surface area contributed by atoms with Crippen molar-refractivity contribution >= 4 is 0 Å². The normalized spacial score (nSPS) is 51.4. The van der Waals surface area contributed by atoms with Crippen LogP contribution in [0.4, 0.5) is 0 Å². The lowest BCUT2D eigenvalue weighted by Crippen LogP contribution is -2.67. The first kappa shape index (κ1) is 9.99. The zero-order chi connectivity index (χ0) is 11.0. The summed E-state index contributed by atoms with van der Waals surface area (Å²) < 4.78 is 0. The third-order valence-corrected chi connectivity index (χ3v) is 4.68. The molecule has 5 nitrogen and oxygen atoms in total. The van der Waals surface area contributed by atoms with Gasteiger partial charge in [-0.3, -0.25) is 5.73 Å². The zero-order valence-corrected chi connectivity index (χ0v) is 8.37. The molecule has 0 aromatic heterocycles. The fourth-order valence-corrected chi connectivity index (χ4v) is 4.37. The van der Waals surface area contributed by atoms with Gasteiger partial charge in [0, 0.05) is 18.3 Å². The predicted molar refractivity (Wildman–Crippen MR) is 49.8 cm³/mol. The van der Waals surface area contributed by atoms with Crippen molar-refractivity contribution in [3.05, 3.63) is 0 Å². The Hall–Kier alpha value is -0.200. The van der Waals surface area contributed by atoms with Gasteiger partial charge >= 0.3 is 0 Å². The molecule has 0 saturated heterocycles. The molecular weight excluding hydrogens is 198 g/mol. The molecular formula is C10H17NO4. The second-order valence-electron chi connectivity index (χ2n) is 5.58. The maximum Gasteiger partial charge on any atom is 0.223 e. The van der Waals surface area contributed by atoms with Crippen LogP contribution >= 0.6 is 0 Å². The Labute approximate surface area is 87.5 Å². The lowest BCUT2D eigenvalue weighted by Gasteiger charge is -2.57. The third-order valence-electron chi connectivity index (χ3n) is 4.68. The van der Waals surface area contributed by atoms with Crippen LogP contribution in [0.3, 0.4) is 0 Å². The molecule has 2 bridgehead atoms. The quantitative estimate of drug-likeness (QED) is 0.344. The average molecular weight is 215 g/mol. The van der Waals surface area contributed by atoms with E-state index < -0.39 is 23.5 Å². The lowest BCUT2D eigenvalue weighted by molar-refractivity contribution is -0.336. The van der Waals surface area contributed by atoms with Gasteiger partial charge in [0.2, 0.25) is 5.91 Å². The van der Waals surface area contributed by atoms with E-state index in [-0.39, 0.29) is 11.8 Å². The van der Waals surface area contributed by atoms with Crippen molar-refractivity contribution < 1.29 is 20.4 Å². The fourth-order valence-electron chi connectivity index (χ4n) is 4.37. The van der Waals surface area contributed by atoms with E-state index in [4.69, 9.17) is 5.73 Å². The van der Waals surface area contributed by atoms with Crippen molar-refractivity contribution in [1.29, 1.82) is 0 Å². The fraction of sp³-hybridized carbons (Fsp3) is 1.00. The van der Waals surface area contributed by atoms with Crippen molar-refractivity contribution in [3.63, 3.8) is 0 Å². The number of rotatable bonds is 1. The molecule has 5 unspecified atom stereocenters. The summed E-state index contributed by atoms with van der Waals surface area (Å²) in [4.78, 5) is 0. The summed E-state index contributed by atoms with van der Waals surface area (Å²) in [6.45, 7) is 0. The van der Waals surface area contributed by atoms with Crippen LogP contribution in [0.1, 0.15) is 19.3 Å². The summed E-state index contributed by atoms with van der Waals surface area (Å²) >= 11 is 0. The average Bonchev–Trinajstić information content (AvgIpc) is 2.23. The van der Waals surface area contributed by atoms with Crippen molar-refractivity contribution in [2.45, 2.75) is 31.0 Å². The molecule has 5 heteroatoms. The first-order valence-corrected chi connectivity index (χ1v) is 5.49. The molecule has 86 valence electrons. The summed E-state index contributed by atoms with van der Waals surface area (Å²) in [7, 11) is 0. The van der Waals surface area contributed by atoms with Crippen LogP contribution in [0.25, 0.3) is 0 Å². The van der Waals surface area contributed by atoms with Gasteiger partial charge in [-0.15, -0.1) is 0 Å². The molecule has 0 heterocycles. The Kier molecular flexibility index (Phi) is 1.70. The summed E-state index contributed by atoms with van der Waals surface area (Å²) in [6.07, 6.45) is 2.16. The van der Waals surface area contributed by atoms with Gasteiger partial charge in [0.1, 0.15) is 0 Å². The van der Waals surface area contributed by atoms with Crippen LogP contribution in [0.2, 0.25) is 0 Å². The summed E-state index contributed by atoms with van der Waals surface area (Å²) in [6, 6.07) is 0. The Bertz CT molecular complexity index is 298. The van der Waals surface area contributed by atoms with E-state index in [1.54, 1.807) is 0 Å². The summed E-state index contributed by atoms with van der Waals surface area (Å²) in [5, 5.41) is 38.6. The topological polar surface area (TPSA) is 107 Å². The van der Waals surface area contributed by atoms with Crippen LogP contribution in [0.5, 0.6) is 0 Å². The summed E-state index contributed by atoms with van der Waals surface area (Å²) in [5.74, 6) is -4.43. The predicted octanol–water partition coefficient (Wildman–Crippen LogP) is -1.44. The van der Waals surface area contributed by atoms with Gasteiger partial charge < -0.3 is 20.4 Å². The highest BCUT2D eigenvalue weighted by Crippen LogP contribution is 2.67. The number of hydrogen-bond acceptors (Lipinski definition) is 5. The van der Waals surface area contributed by atoms with Crippen LogP contribution in [-0.2, 0) is 0 Å². The van der Waals surface area contributed by atoms with E-state index in [9.17, 15) is 20.4 Å². The number of nitrogens with two attached hydrogens (primary N) is 1. The SMILES string of the molecule is NC(O)(O)C1C2CC3CC2C1C(O)(O)C3. The Morgan fingerprint density at radius 3 is 2.33 bits per heavy atom. The smallest absolute Gasteiger partial charge is 0.223 e. The maximum atomic E-state index is 9.87. The molecule has 0 aromatic carbocycles. The highest BCUT2D eigenvalue weighted by atomic mass is 16.5. The van der Waals surface area contributed by atoms with Crippen molar-refractivity contribution in [2.75, 3.05) is 0 Å². The van der Waals surface area contributed by atoms with Crippen molar-refractivity contribution in [2.24, 2.45) is 35.3 Å². The number of fused-ring (bicyclic) bond motifs is 1. The summed E-state index contributed by atoms with van der Waals surface area (Å²) in [5.41, 5.74) is 5.29. The monoisotopic (exact) mass is 215 g/mol. The van der Waals surface area contributed by atoms with Crippen LogP contribution in [0.15, 0.2) is 0 Å². The third kappa shape index (κ3) is 1.15. The highest BCUT2D eigenvalue weighted by Gasteiger charge is 2.70. The molecule has 3 fully saturated rings. The molecule has 3 aliphatic carbocycles. The van der Waals surface area contributed by atoms with Gasteiger partial charge in [-0.25, -0.2) is 0 Å². The van der Waals surface area contributed by atoms with Crippen molar-refractivity contribution in [1.82, 2.24) is 0 Å². The minimum absolute atomic E-state index is 0.154. The van der Waals surface area contributed by atoms with Gasteiger partial charge in [0.05, 0.1) is 0 Å². The Morgan fingerprint density at radius 2 is 1.73 bits per heavy atom. The number of hydrogen-bond donors (Lipinski definition) is 5. The van der Waals surface area contributed by atoms with E-state index in [2.05, 4.69) is 0 Å². The van der Waals surface area contributed by atoms with Crippen LogP contribution < -0.4 is 5.73 Å². The standard InChI is InChI=1S/C10H17NO4/c11-10(14,15)8-6-2-4-1-5(6)7(8)9(12,13)3-4/h4-8,12-15H,1-3,11H2. The molecule has 3 aliphatic rings. The minimum atomic E-state index is -2.28. The molecule has 3 saturated carbocycles. The van der Waals surface area contributed by atoms with Gasteiger partial charge in [-0.05, 0) is 30.6 Å². The van der Waals surface area contributed by atoms with E-state index in [1.807, 2.05) is 0 Å². The van der Waals surface area contributed by atoms with Crippen molar-refractivity contribution in [3.8, 4) is 0 Å². The van der Waals surface area contributed by atoms with E-state index in [0.717, 1.165) is 12.8 Å². The molecule has 3 rings (SSSR count). The molecule has 6 N–H and O–H groups in total. The zero-order valence-electron chi connectivity index (χ0n) is 8.37. The Morgan fingerprint density at radius 1 is 1.13 bits per heavy atom. The van der Waals surface area contributed by atoms with Gasteiger partial charge in [-0.1, -0.05) is 0 Å². The first-order chi connectivity index (χ1) is 6.81. The number of aliphatic hydroxyl groups is 4. The Balaban J connectivity index is 1.96. The van der Waals surface area contributed by atoms with Gasteiger partial charge in [-0.2, -0.15) is 0 Å². The first-order valence-electron chi connectivity index (χ1n) is 5.49. The highest BCUT2D eigenvalue weighted by molar-refractivity contribution is 5.13. The molecule has 15 heavy (non-hydrogen) atoms. The molecule has 0 amide bonds. The molecule has 5 atom stereocenters. The van der Waals surface area contributed by atoms with Gasteiger partial charge in [0.15, 0.2) is 5.79 Å². The largest absolute Gasteiger partial charge is 0.365 e. The lowest BCUT2D eigenvalue weighted by atomic mass is 9.53. The molecule has 0 aromatic rings. The molecule has 0 aliphatic heterocycles. The maximum absolute atomic E-state index is 9.87. The van der Waals surface area contributed by atoms with Crippen LogP contribution in [0, 0.1) is 29.6 Å². The second kappa shape index (κ2) is 2.55. The van der Waals surface area contributed by atoms with E-state index in [1.165, 1.54) is 0 Å². The molecule has 0 radical (unpaired) electrons. The van der Waals surface area contributed by atoms with Gasteiger partial charge in [0.25, 0.3) is 0 Å². The van der Waals surface area contributed by atoms with E-state index >= 15 is 0 Å². The molecule has 0 spiro atoms. The van der Waals surface area contributed by atoms with E-state index in [0.29, 0.717) is 12.3 Å². The van der Waals surface area contributed by atoms with Crippen LogP contribution in [-0.4, -0.2) is 32.1 Å². The second-order valence-corrected chi connectivity index (χ2v) is 5.58. The minimum Gasteiger partial charge on any atom is -0.365 e.